The Balaban J connectivity index is 2.04. The van der Waals surface area contributed by atoms with Gasteiger partial charge in [0.05, 0.1) is 13.5 Å². The molecule has 20 heavy (non-hydrogen) atoms. The van der Waals surface area contributed by atoms with Gasteiger partial charge in [0.1, 0.15) is 0 Å². The number of carbonyl (C=O) groups excluding carboxylic acids is 1. The van der Waals surface area contributed by atoms with Crippen molar-refractivity contribution in [3.8, 4) is 5.75 Å². The standard InChI is InChI=1S/C15H15FN2O2/c1-20-14-9-12(5-6-13(14)16)18-15(19)8-10-3-2-4-11(17)7-10/h2-7,9H,8,17H2,1H3,(H,18,19). The van der Waals surface area contributed by atoms with Gasteiger partial charge >= 0.3 is 0 Å². The van der Waals surface area contributed by atoms with E-state index in [9.17, 15) is 9.18 Å². The van der Waals surface area contributed by atoms with Crippen molar-refractivity contribution in [1.82, 2.24) is 0 Å². The molecule has 0 aliphatic carbocycles. The molecule has 104 valence electrons. The van der Waals surface area contributed by atoms with Crippen LogP contribution in [0.5, 0.6) is 5.75 Å². The number of methoxy groups -OCH3 is 1. The van der Waals surface area contributed by atoms with Crippen molar-refractivity contribution in [3.63, 3.8) is 0 Å². The number of hydrogen-bond acceptors (Lipinski definition) is 3. The average Bonchev–Trinajstić information content (AvgIpc) is 2.41. The number of amides is 1. The van der Waals surface area contributed by atoms with Gasteiger partial charge in [-0.3, -0.25) is 4.79 Å². The minimum absolute atomic E-state index is 0.0896. The molecule has 2 aromatic rings. The number of nitrogens with one attached hydrogen (secondary N) is 1. The van der Waals surface area contributed by atoms with Gasteiger partial charge in [0, 0.05) is 17.4 Å². The number of anilines is 2. The highest BCUT2D eigenvalue weighted by atomic mass is 19.1. The molecule has 0 radical (unpaired) electrons. The molecule has 0 aromatic heterocycles. The van der Waals surface area contributed by atoms with Crippen molar-refractivity contribution in [2.24, 2.45) is 0 Å². The molecular formula is C15H15FN2O2. The Morgan fingerprint density at radius 2 is 2.10 bits per heavy atom. The zero-order chi connectivity index (χ0) is 14.5. The molecule has 0 heterocycles. The van der Waals surface area contributed by atoms with Crippen molar-refractivity contribution in [1.29, 1.82) is 0 Å². The first kappa shape index (κ1) is 13.9. The first-order chi connectivity index (χ1) is 9.58. The third kappa shape index (κ3) is 3.47. The fourth-order valence-corrected chi connectivity index (χ4v) is 1.83. The topological polar surface area (TPSA) is 64.3 Å². The molecule has 0 atom stereocenters. The van der Waals surface area contributed by atoms with E-state index in [0.717, 1.165) is 5.56 Å². The van der Waals surface area contributed by atoms with Crippen LogP contribution in [0.4, 0.5) is 15.8 Å². The summed E-state index contributed by atoms with van der Waals surface area (Å²) in [6, 6.07) is 11.3. The van der Waals surface area contributed by atoms with Crippen molar-refractivity contribution in [3.05, 3.63) is 53.8 Å². The van der Waals surface area contributed by atoms with E-state index >= 15 is 0 Å². The number of nitrogens with two attached hydrogens (primary N) is 1. The summed E-state index contributed by atoms with van der Waals surface area (Å²) < 4.78 is 18.1. The van der Waals surface area contributed by atoms with Crippen molar-refractivity contribution in [2.75, 3.05) is 18.2 Å². The Hall–Kier alpha value is -2.56. The van der Waals surface area contributed by atoms with E-state index in [1.807, 2.05) is 6.07 Å². The first-order valence-corrected chi connectivity index (χ1v) is 6.06. The highest BCUT2D eigenvalue weighted by Gasteiger charge is 2.07. The molecular weight excluding hydrogens is 259 g/mol. The van der Waals surface area contributed by atoms with Crippen molar-refractivity contribution in [2.45, 2.75) is 6.42 Å². The van der Waals surface area contributed by atoms with Crippen LogP contribution in [0.25, 0.3) is 0 Å². The lowest BCUT2D eigenvalue weighted by atomic mass is 10.1. The molecule has 0 unspecified atom stereocenters. The summed E-state index contributed by atoms with van der Waals surface area (Å²) in [4.78, 5) is 11.9. The van der Waals surface area contributed by atoms with Crippen LogP contribution in [-0.4, -0.2) is 13.0 Å². The molecule has 3 N–H and O–H groups in total. The summed E-state index contributed by atoms with van der Waals surface area (Å²) in [6.07, 6.45) is 0.199. The second kappa shape index (κ2) is 6.06. The van der Waals surface area contributed by atoms with Gasteiger partial charge in [-0.25, -0.2) is 4.39 Å². The van der Waals surface area contributed by atoms with E-state index in [1.165, 1.54) is 25.3 Å². The maximum Gasteiger partial charge on any atom is 0.228 e. The van der Waals surface area contributed by atoms with Gasteiger partial charge in [-0.15, -0.1) is 0 Å². The second-order valence-corrected chi connectivity index (χ2v) is 4.32. The Labute approximate surface area is 116 Å². The lowest BCUT2D eigenvalue weighted by Gasteiger charge is -2.08. The molecule has 1 amide bonds. The Morgan fingerprint density at radius 3 is 2.80 bits per heavy atom. The molecule has 0 bridgehead atoms. The molecule has 0 fully saturated rings. The van der Waals surface area contributed by atoms with Crippen LogP contribution in [0.1, 0.15) is 5.56 Å². The van der Waals surface area contributed by atoms with Gasteiger partial charge in [0.25, 0.3) is 0 Å². The van der Waals surface area contributed by atoms with Crippen LogP contribution < -0.4 is 15.8 Å². The molecule has 2 aromatic carbocycles. The van der Waals surface area contributed by atoms with Crippen LogP contribution in [0.2, 0.25) is 0 Å². The van der Waals surface area contributed by atoms with E-state index in [-0.39, 0.29) is 18.1 Å². The minimum atomic E-state index is -0.471. The summed E-state index contributed by atoms with van der Waals surface area (Å²) in [5, 5.41) is 2.69. The molecule has 2 rings (SSSR count). The Kier molecular flexibility index (Phi) is 4.20. The minimum Gasteiger partial charge on any atom is -0.494 e. The fraction of sp³-hybridized carbons (Fsp3) is 0.133. The van der Waals surface area contributed by atoms with Gasteiger partial charge in [0.15, 0.2) is 11.6 Å². The SMILES string of the molecule is COc1cc(NC(=O)Cc2cccc(N)c2)ccc1F. The number of carbonyl (C=O) groups is 1. The van der Waals surface area contributed by atoms with E-state index in [2.05, 4.69) is 5.32 Å². The lowest BCUT2D eigenvalue weighted by molar-refractivity contribution is -0.115. The van der Waals surface area contributed by atoms with E-state index < -0.39 is 5.82 Å². The summed E-state index contributed by atoms with van der Waals surface area (Å²) in [6.45, 7) is 0. The zero-order valence-corrected chi connectivity index (χ0v) is 11.0. The van der Waals surface area contributed by atoms with Gasteiger partial charge in [-0.2, -0.15) is 0 Å². The van der Waals surface area contributed by atoms with E-state index in [1.54, 1.807) is 18.2 Å². The maximum atomic E-state index is 13.2. The maximum absolute atomic E-state index is 13.2. The monoisotopic (exact) mass is 274 g/mol. The number of rotatable bonds is 4. The van der Waals surface area contributed by atoms with Crippen LogP contribution in [-0.2, 0) is 11.2 Å². The predicted octanol–water partition coefficient (Wildman–Crippen LogP) is 2.60. The average molecular weight is 274 g/mol. The van der Waals surface area contributed by atoms with Gasteiger partial charge in [-0.05, 0) is 29.8 Å². The normalized spacial score (nSPS) is 10.1. The highest BCUT2D eigenvalue weighted by Crippen LogP contribution is 2.21. The number of nitrogen functional groups attached to an aromatic ring is 1. The second-order valence-electron chi connectivity index (χ2n) is 4.32. The van der Waals surface area contributed by atoms with Crippen LogP contribution in [0.3, 0.4) is 0 Å². The predicted molar refractivity (Wildman–Crippen MR) is 76.1 cm³/mol. The highest BCUT2D eigenvalue weighted by molar-refractivity contribution is 5.92. The van der Waals surface area contributed by atoms with Gasteiger partial charge in [-0.1, -0.05) is 12.1 Å². The van der Waals surface area contributed by atoms with Crippen LogP contribution in [0.15, 0.2) is 42.5 Å². The number of ether oxygens (including phenoxy) is 1. The third-order valence-corrected chi connectivity index (χ3v) is 2.75. The quantitative estimate of drug-likeness (QED) is 0.842. The Morgan fingerprint density at radius 1 is 1.30 bits per heavy atom. The Bertz CT molecular complexity index is 629. The summed E-state index contributed by atoms with van der Waals surface area (Å²) in [7, 11) is 1.37. The van der Waals surface area contributed by atoms with E-state index in [4.69, 9.17) is 10.5 Å². The first-order valence-electron chi connectivity index (χ1n) is 6.06. The number of benzene rings is 2. The van der Waals surface area contributed by atoms with Crippen LogP contribution >= 0.6 is 0 Å². The third-order valence-electron chi connectivity index (χ3n) is 2.75. The summed E-state index contributed by atoms with van der Waals surface area (Å²) in [5.41, 5.74) is 7.56. The fourth-order valence-electron chi connectivity index (χ4n) is 1.83. The van der Waals surface area contributed by atoms with Crippen LogP contribution in [0, 0.1) is 5.82 Å². The molecule has 0 saturated heterocycles. The van der Waals surface area contributed by atoms with Crippen molar-refractivity contribution < 1.29 is 13.9 Å². The molecule has 0 aliphatic rings. The molecule has 5 heteroatoms. The molecule has 0 spiro atoms. The lowest BCUT2D eigenvalue weighted by Crippen LogP contribution is -2.14. The van der Waals surface area contributed by atoms with Crippen molar-refractivity contribution >= 4 is 17.3 Å². The van der Waals surface area contributed by atoms with E-state index in [0.29, 0.717) is 11.4 Å². The molecule has 0 saturated carbocycles. The van der Waals surface area contributed by atoms with Gasteiger partial charge < -0.3 is 15.8 Å². The smallest absolute Gasteiger partial charge is 0.228 e. The zero-order valence-electron chi connectivity index (χ0n) is 11.0. The molecule has 4 nitrogen and oxygen atoms in total. The summed E-state index contributed by atoms with van der Waals surface area (Å²) >= 11 is 0. The summed E-state index contributed by atoms with van der Waals surface area (Å²) in [5.74, 6) is -0.586. The molecule has 0 aliphatic heterocycles. The number of halogens is 1. The van der Waals surface area contributed by atoms with Gasteiger partial charge in [0.2, 0.25) is 5.91 Å². The largest absolute Gasteiger partial charge is 0.494 e. The number of hydrogen-bond donors (Lipinski definition) is 2.